The van der Waals surface area contributed by atoms with E-state index in [9.17, 15) is 4.79 Å². The molecule has 3 aliphatic rings. The third kappa shape index (κ3) is 6.66. The second-order valence-electron chi connectivity index (χ2n) is 8.77. The number of rotatable bonds is 6. The van der Waals surface area contributed by atoms with E-state index in [0.29, 0.717) is 5.91 Å². The van der Waals surface area contributed by atoms with E-state index in [2.05, 4.69) is 40.3 Å². The Labute approximate surface area is 208 Å². The van der Waals surface area contributed by atoms with Crippen LogP contribution in [0.2, 0.25) is 0 Å². The third-order valence-electron chi connectivity index (χ3n) is 6.70. The first-order valence-corrected chi connectivity index (χ1v) is 11.7. The van der Waals surface area contributed by atoms with Gasteiger partial charge in [-0.05, 0) is 25.3 Å². The van der Waals surface area contributed by atoms with Crippen molar-refractivity contribution in [3.05, 3.63) is 18.5 Å². The Balaban J connectivity index is 0.00000289. The van der Waals surface area contributed by atoms with Crippen LogP contribution in [-0.4, -0.2) is 97.1 Å². The Hall–Kier alpha value is -1.69. The summed E-state index contributed by atoms with van der Waals surface area (Å²) in [6.45, 7) is 7.38. The number of nitrogens with one attached hydrogen (secondary N) is 2. The molecule has 1 amide bonds. The number of carbonyl (C=O) groups excluding carboxylic acids is 1. The van der Waals surface area contributed by atoms with Gasteiger partial charge in [-0.3, -0.25) is 14.7 Å². The molecule has 1 aromatic heterocycles. The Morgan fingerprint density at radius 1 is 1.09 bits per heavy atom. The van der Waals surface area contributed by atoms with Gasteiger partial charge in [0.1, 0.15) is 0 Å². The Morgan fingerprint density at radius 3 is 2.50 bits per heavy atom. The molecule has 1 saturated carbocycles. The van der Waals surface area contributed by atoms with Crippen LogP contribution in [0.4, 0.5) is 5.95 Å². The smallest absolute Gasteiger partial charge is 0.225 e. The highest BCUT2D eigenvalue weighted by atomic mass is 127. The zero-order chi connectivity index (χ0) is 21.5. The number of carbonyl (C=O) groups is 1. The van der Waals surface area contributed by atoms with Crippen LogP contribution in [0.25, 0.3) is 0 Å². The number of hydrogen-bond donors (Lipinski definition) is 2. The van der Waals surface area contributed by atoms with E-state index in [4.69, 9.17) is 0 Å². The molecular weight excluding hydrogens is 519 g/mol. The molecule has 1 unspecified atom stereocenters. The van der Waals surface area contributed by atoms with E-state index in [0.717, 1.165) is 83.5 Å². The minimum absolute atomic E-state index is 0. The minimum Gasteiger partial charge on any atom is -0.355 e. The number of guanidine groups is 1. The van der Waals surface area contributed by atoms with E-state index >= 15 is 0 Å². The first-order valence-electron chi connectivity index (χ1n) is 11.7. The number of aromatic nitrogens is 2. The van der Waals surface area contributed by atoms with Gasteiger partial charge in [-0.1, -0.05) is 12.8 Å². The van der Waals surface area contributed by atoms with Gasteiger partial charge in [-0.25, -0.2) is 9.97 Å². The van der Waals surface area contributed by atoms with Crippen LogP contribution in [-0.2, 0) is 4.79 Å². The molecule has 32 heavy (non-hydrogen) atoms. The predicted molar refractivity (Wildman–Crippen MR) is 138 cm³/mol. The van der Waals surface area contributed by atoms with Crippen molar-refractivity contribution in [1.29, 1.82) is 0 Å². The summed E-state index contributed by atoms with van der Waals surface area (Å²) in [6.07, 6.45) is 9.14. The van der Waals surface area contributed by atoms with Gasteiger partial charge < -0.3 is 20.4 Å². The van der Waals surface area contributed by atoms with E-state index in [1.807, 2.05) is 13.1 Å². The number of hydrogen-bond acceptors (Lipinski definition) is 6. The zero-order valence-electron chi connectivity index (χ0n) is 19.1. The van der Waals surface area contributed by atoms with Crippen LogP contribution in [0.5, 0.6) is 0 Å². The summed E-state index contributed by atoms with van der Waals surface area (Å²) < 4.78 is 0. The van der Waals surface area contributed by atoms with Crippen LogP contribution in [0.1, 0.15) is 32.1 Å². The maximum atomic E-state index is 12.6. The molecule has 0 aromatic carbocycles. The van der Waals surface area contributed by atoms with Crippen LogP contribution in [0.3, 0.4) is 0 Å². The summed E-state index contributed by atoms with van der Waals surface area (Å²) in [5, 5.41) is 6.95. The second kappa shape index (κ2) is 12.5. The van der Waals surface area contributed by atoms with Crippen molar-refractivity contribution in [2.75, 3.05) is 64.3 Å². The van der Waals surface area contributed by atoms with Crippen LogP contribution in [0.15, 0.2) is 23.5 Å². The topological polar surface area (TPSA) is 89.0 Å². The van der Waals surface area contributed by atoms with Crippen molar-refractivity contribution in [2.24, 2.45) is 10.9 Å². The van der Waals surface area contributed by atoms with E-state index in [1.165, 1.54) is 12.8 Å². The molecular formula is C22H37IN8O. The molecule has 1 aromatic rings. The zero-order valence-corrected chi connectivity index (χ0v) is 21.4. The van der Waals surface area contributed by atoms with Gasteiger partial charge in [0.2, 0.25) is 11.9 Å². The number of aliphatic imine (C=N–C) groups is 1. The summed E-state index contributed by atoms with van der Waals surface area (Å²) in [4.78, 5) is 32.5. The highest BCUT2D eigenvalue weighted by molar-refractivity contribution is 14.0. The third-order valence-corrected chi connectivity index (χ3v) is 6.70. The van der Waals surface area contributed by atoms with Crippen LogP contribution < -0.4 is 15.5 Å². The normalized spacial score (nSPS) is 22.7. The molecule has 4 rings (SSSR count). The lowest BCUT2D eigenvalue weighted by molar-refractivity contribution is -0.134. The summed E-state index contributed by atoms with van der Waals surface area (Å²) in [5.74, 6) is 2.29. The van der Waals surface area contributed by atoms with Crippen LogP contribution >= 0.6 is 24.0 Å². The molecule has 0 radical (unpaired) electrons. The van der Waals surface area contributed by atoms with Gasteiger partial charge in [0.15, 0.2) is 5.96 Å². The Morgan fingerprint density at radius 2 is 1.81 bits per heavy atom. The molecule has 3 heterocycles. The quantitative estimate of drug-likeness (QED) is 0.309. The summed E-state index contributed by atoms with van der Waals surface area (Å²) >= 11 is 0. The molecule has 3 fully saturated rings. The molecule has 2 aliphatic heterocycles. The predicted octanol–water partition coefficient (Wildman–Crippen LogP) is 1.17. The minimum atomic E-state index is 0. The van der Waals surface area contributed by atoms with Gasteiger partial charge in [-0.15, -0.1) is 24.0 Å². The molecule has 0 spiro atoms. The molecule has 0 bridgehead atoms. The number of amides is 1. The highest BCUT2D eigenvalue weighted by Gasteiger charge is 2.32. The monoisotopic (exact) mass is 556 g/mol. The standard InChI is InChI=1S/C22H36N8O.HI/c1-23-21(27-19-7-11-30(17-19)20(31)18-5-2-3-6-18)24-10-12-28-13-15-29(16-14-28)22-25-8-4-9-26-22;/h4,8-9,18-19H,2-3,5-7,10-17H2,1H3,(H2,23,24,27);1H. The van der Waals surface area contributed by atoms with Gasteiger partial charge in [0.05, 0.1) is 0 Å². The maximum Gasteiger partial charge on any atom is 0.225 e. The van der Waals surface area contributed by atoms with Crippen molar-refractivity contribution in [3.8, 4) is 0 Å². The van der Waals surface area contributed by atoms with Crippen LogP contribution in [0, 0.1) is 5.92 Å². The molecule has 2 saturated heterocycles. The van der Waals surface area contributed by atoms with Crippen molar-refractivity contribution >= 4 is 41.8 Å². The second-order valence-corrected chi connectivity index (χ2v) is 8.77. The lowest BCUT2D eigenvalue weighted by atomic mass is 10.1. The van der Waals surface area contributed by atoms with E-state index in [-0.39, 0.29) is 35.9 Å². The fourth-order valence-corrected chi connectivity index (χ4v) is 4.86. The average molecular weight is 556 g/mol. The lowest BCUT2D eigenvalue weighted by Crippen LogP contribution is -2.50. The van der Waals surface area contributed by atoms with Gasteiger partial charge in [-0.2, -0.15) is 0 Å². The Bertz CT molecular complexity index is 735. The molecule has 2 N–H and O–H groups in total. The summed E-state index contributed by atoms with van der Waals surface area (Å²) in [6, 6.07) is 2.13. The van der Waals surface area contributed by atoms with Crippen molar-refractivity contribution in [3.63, 3.8) is 0 Å². The highest BCUT2D eigenvalue weighted by Crippen LogP contribution is 2.27. The molecule has 9 nitrogen and oxygen atoms in total. The molecule has 1 atom stereocenters. The summed E-state index contributed by atoms with van der Waals surface area (Å²) in [5.41, 5.74) is 0. The first-order chi connectivity index (χ1) is 15.2. The number of halogens is 1. The maximum absolute atomic E-state index is 12.6. The molecule has 1 aliphatic carbocycles. The Kier molecular flexibility index (Phi) is 9.76. The molecule has 10 heteroatoms. The number of likely N-dealkylation sites (tertiary alicyclic amines) is 1. The number of piperazine rings is 1. The summed E-state index contributed by atoms with van der Waals surface area (Å²) in [7, 11) is 1.81. The van der Waals surface area contributed by atoms with Gasteiger partial charge >= 0.3 is 0 Å². The lowest BCUT2D eigenvalue weighted by Gasteiger charge is -2.34. The van der Waals surface area contributed by atoms with Gasteiger partial charge in [0, 0.05) is 83.8 Å². The largest absolute Gasteiger partial charge is 0.355 e. The average Bonchev–Trinajstić information content (AvgIpc) is 3.52. The van der Waals surface area contributed by atoms with Gasteiger partial charge in [0.25, 0.3) is 0 Å². The number of anilines is 1. The fourth-order valence-electron chi connectivity index (χ4n) is 4.86. The first kappa shape index (κ1) is 24.9. The SMILES string of the molecule is CN=C(NCCN1CCN(c2ncccn2)CC1)NC1CCN(C(=O)C2CCCC2)C1.I. The van der Waals surface area contributed by atoms with Crippen molar-refractivity contribution < 1.29 is 4.79 Å². The van der Waals surface area contributed by atoms with E-state index < -0.39 is 0 Å². The molecule has 178 valence electrons. The van der Waals surface area contributed by atoms with Crippen molar-refractivity contribution in [1.82, 2.24) is 30.4 Å². The van der Waals surface area contributed by atoms with Crippen molar-refractivity contribution in [2.45, 2.75) is 38.1 Å². The fraction of sp³-hybridized carbons (Fsp3) is 0.727. The number of nitrogens with zero attached hydrogens (tertiary/aromatic N) is 6. The van der Waals surface area contributed by atoms with E-state index in [1.54, 1.807) is 12.4 Å².